The average molecular weight is 635 g/mol. The Morgan fingerprint density at radius 3 is 1.37 bits per heavy atom. The summed E-state index contributed by atoms with van der Waals surface area (Å²) in [6.45, 7) is 6.96. The van der Waals surface area contributed by atoms with Crippen LogP contribution in [-0.4, -0.2) is 30.5 Å². The summed E-state index contributed by atoms with van der Waals surface area (Å²) in [6.07, 6.45) is 35.8. The molecule has 3 aromatic rings. The van der Waals surface area contributed by atoms with E-state index in [0.717, 1.165) is 5.52 Å². The summed E-state index contributed by atoms with van der Waals surface area (Å²) in [5.74, 6) is 0. The van der Waals surface area contributed by atoms with E-state index in [-0.39, 0.29) is 12.4 Å². The molecular weight excluding hydrogens is 567 g/mol. The molecule has 0 unspecified atom stereocenters. The van der Waals surface area contributed by atoms with Crippen LogP contribution in [0.4, 0.5) is 0 Å². The van der Waals surface area contributed by atoms with Gasteiger partial charge in [0, 0.05) is 11.6 Å². The second-order valence-corrected chi connectivity index (χ2v) is 16.6. The van der Waals surface area contributed by atoms with Crippen LogP contribution in [0.25, 0.3) is 10.9 Å². The second kappa shape index (κ2) is 30.6. The fraction of sp³-hybridized carbons (Fsp3) is 0.658. The second-order valence-electron chi connectivity index (χ2n) is 12.1. The minimum atomic E-state index is -1.22. The van der Waals surface area contributed by atoms with Crippen molar-refractivity contribution in [3.63, 3.8) is 0 Å². The number of pyridine rings is 1. The zero-order chi connectivity index (χ0) is 30.4. The van der Waals surface area contributed by atoms with Crippen molar-refractivity contribution in [2.75, 3.05) is 25.5 Å². The topological polar surface area (TPSA) is 38.1 Å². The number of hydrogen-bond donors (Lipinski definition) is 1. The molecule has 5 heteroatoms. The minimum Gasteiger partial charge on any atom is -0.473 e. The zero-order valence-corrected chi connectivity index (χ0v) is 30.3. The Bertz CT molecular complexity index is 813. The first kappa shape index (κ1) is 41.6. The average Bonchev–Trinajstić information content (AvgIpc) is 3.63. The Morgan fingerprint density at radius 2 is 0.977 bits per heavy atom. The van der Waals surface area contributed by atoms with Crippen molar-refractivity contribution >= 4 is 30.7 Å². The number of benzene rings is 1. The summed E-state index contributed by atoms with van der Waals surface area (Å²) < 4.78 is 4.58. The third-order valence-electron chi connectivity index (χ3n) is 8.49. The molecule has 248 valence electrons. The van der Waals surface area contributed by atoms with Crippen LogP contribution >= 0.6 is 19.8 Å². The van der Waals surface area contributed by atoms with Gasteiger partial charge in [0.15, 0.2) is 0 Å². The molecule has 0 atom stereocenters. The van der Waals surface area contributed by atoms with Gasteiger partial charge in [-0.05, 0) is 24.3 Å². The van der Waals surface area contributed by atoms with E-state index in [0.29, 0.717) is 0 Å². The number of unbranched alkanes of at least 4 members (excludes halogenated alkanes) is 15. The Balaban J connectivity index is 0.000000878. The van der Waals surface area contributed by atoms with E-state index in [9.17, 15) is 0 Å². The Kier molecular flexibility index (Phi) is 29.6. The summed E-state index contributed by atoms with van der Waals surface area (Å²) in [6, 6.07) is 15.8. The Labute approximate surface area is 273 Å². The minimum absolute atomic E-state index is 0. The number of nitrogens with zero attached hydrogens (tertiary/aromatic N) is 1. The molecule has 3 nitrogen and oxygen atoms in total. The van der Waals surface area contributed by atoms with Crippen LogP contribution < -0.4 is 5.09 Å². The molecule has 0 saturated heterocycles. The molecule has 0 aliphatic heterocycles. The van der Waals surface area contributed by atoms with Gasteiger partial charge in [-0.3, -0.25) is 4.98 Å². The van der Waals surface area contributed by atoms with E-state index >= 15 is 0 Å². The molecule has 0 saturated carbocycles. The fourth-order valence-corrected chi connectivity index (χ4v) is 10.0. The molecule has 0 spiro atoms. The van der Waals surface area contributed by atoms with Gasteiger partial charge in [0.1, 0.15) is 0 Å². The van der Waals surface area contributed by atoms with Gasteiger partial charge < -0.3 is 4.42 Å². The van der Waals surface area contributed by atoms with Crippen LogP contribution in [0.15, 0.2) is 71.7 Å². The first-order valence-electron chi connectivity index (χ1n) is 17.7. The Hall–Kier alpha value is -1.41. The number of rotatable bonds is 22. The van der Waals surface area contributed by atoms with Crippen molar-refractivity contribution in [2.45, 2.75) is 136 Å². The van der Waals surface area contributed by atoms with E-state index in [4.69, 9.17) is 0 Å². The maximum absolute atomic E-state index is 4.58. The summed E-state index contributed by atoms with van der Waals surface area (Å²) in [5, 5.41) is 5.16. The van der Waals surface area contributed by atoms with Gasteiger partial charge >= 0.3 is 174 Å². The number of fused-ring (bicyclic) bond motifs is 1. The van der Waals surface area contributed by atoms with E-state index < -0.39 is 7.41 Å². The summed E-state index contributed by atoms with van der Waals surface area (Å²) in [4.78, 5) is 4.18. The van der Waals surface area contributed by atoms with Crippen molar-refractivity contribution in [3.05, 3.63) is 67.3 Å². The molecule has 1 aromatic carbocycles. The molecule has 0 fully saturated rings. The van der Waals surface area contributed by atoms with Crippen molar-refractivity contribution in [1.29, 1.82) is 0 Å². The third kappa shape index (κ3) is 22.7. The first-order chi connectivity index (χ1) is 20.7. The fourth-order valence-electron chi connectivity index (χ4n) is 5.72. The van der Waals surface area contributed by atoms with E-state index in [2.05, 4.69) is 54.4 Å². The maximum atomic E-state index is 4.58. The van der Waals surface area contributed by atoms with Crippen molar-refractivity contribution in [1.82, 2.24) is 10.1 Å². The quantitative estimate of drug-likeness (QED) is 0.0882. The maximum Gasteiger partial charge on any atom is 0.0902 e. The molecule has 3 rings (SSSR count). The first-order valence-corrected chi connectivity index (χ1v) is 20.3. The van der Waals surface area contributed by atoms with Crippen LogP contribution in [0.3, 0.4) is 0 Å². The van der Waals surface area contributed by atoms with Crippen LogP contribution in [0.5, 0.6) is 0 Å². The molecule has 1 N–H and O–H groups in total. The normalized spacial score (nSPS) is 11.2. The number of halogens is 1. The molecule has 0 radical (unpaired) electrons. The largest absolute Gasteiger partial charge is 0.473 e. The standard InChI is InChI=1S/C25H56NP.C9H7N.C4H4O.ClH/c1-5-8-11-14-17-20-23-27(26-4,24-21-18-15-12-9-6-2)25-22-19-16-13-10-7-3;1-2-6-9-8(4-1)5-3-7-10-9;1-2-4-5-3-1;/h26-27H,5-25H2,1-4H3;1-7H;1-4H;1H. The smallest absolute Gasteiger partial charge is 0.0902 e. The van der Waals surface area contributed by atoms with E-state index in [1.807, 2.05) is 42.6 Å². The number of aromatic nitrogens is 1. The van der Waals surface area contributed by atoms with Gasteiger partial charge in [-0.1, -0.05) is 24.3 Å². The summed E-state index contributed by atoms with van der Waals surface area (Å²) >= 11 is 0. The van der Waals surface area contributed by atoms with Gasteiger partial charge in [0.25, 0.3) is 0 Å². The van der Waals surface area contributed by atoms with Gasteiger partial charge in [-0.15, -0.1) is 12.4 Å². The van der Waals surface area contributed by atoms with Gasteiger partial charge in [0.05, 0.1) is 18.0 Å². The molecular formula is C38H68ClN2OP. The van der Waals surface area contributed by atoms with Crippen molar-refractivity contribution in [2.24, 2.45) is 0 Å². The predicted molar refractivity (Wildman–Crippen MR) is 200 cm³/mol. The molecule has 0 aliphatic carbocycles. The van der Waals surface area contributed by atoms with Crippen molar-refractivity contribution in [3.8, 4) is 0 Å². The predicted octanol–water partition coefficient (Wildman–Crippen LogP) is 12.9. The molecule has 0 aliphatic rings. The molecule has 0 amide bonds. The summed E-state index contributed by atoms with van der Waals surface area (Å²) in [7, 11) is 1.08. The van der Waals surface area contributed by atoms with E-state index in [1.54, 1.807) is 31.0 Å². The number of para-hydroxylation sites is 1. The molecule has 2 aromatic heterocycles. The number of nitrogens with one attached hydrogen (secondary N) is 1. The third-order valence-corrected chi connectivity index (χ3v) is 13.5. The van der Waals surface area contributed by atoms with E-state index in [1.165, 1.54) is 121 Å². The zero-order valence-electron chi connectivity index (χ0n) is 28.5. The number of furan rings is 1. The van der Waals surface area contributed by atoms with Crippen molar-refractivity contribution < 1.29 is 4.42 Å². The molecule has 0 bridgehead atoms. The SMILES string of the molecule is CCCCCCCC[PH](CCCCCCCC)(CCCCCCCC)NC.Cl.c1ccc2ncccc2c1.c1ccoc1. The monoisotopic (exact) mass is 634 g/mol. The Morgan fingerprint density at radius 1 is 0.558 bits per heavy atom. The van der Waals surface area contributed by atoms with Crippen LogP contribution in [0, 0.1) is 0 Å². The van der Waals surface area contributed by atoms with Gasteiger partial charge in [-0.2, -0.15) is 0 Å². The summed E-state index contributed by atoms with van der Waals surface area (Å²) in [5.41, 5.74) is 1.06. The molecule has 43 heavy (non-hydrogen) atoms. The van der Waals surface area contributed by atoms with Crippen LogP contribution in [0.2, 0.25) is 0 Å². The van der Waals surface area contributed by atoms with Crippen LogP contribution in [0.1, 0.15) is 136 Å². The van der Waals surface area contributed by atoms with Gasteiger partial charge in [0.2, 0.25) is 0 Å². The molecule has 2 heterocycles. The van der Waals surface area contributed by atoms with Gasteiger partial charge in [-0.25, -0.2) is 0 Å². The number of hydrogen-bond acceptors (Lipinski definition) is 3. The van der Waals surface area contributed by atoms with Crippen LogP contribution in [-0.2, 0) is 0 Å².